The van der Waals surface area contributed by atoms with Crippen molar-refractivity contribution in [1.29, 1.82) is 0 Å². The molecular weight excluding hydrogens is 258 g/mol. The van der Waals surface area contributed by atoms with Crippen molar-refractivity contribution in [3.8, 4) is 0 Å². The number of hydrogen-bond acceptors (Lipinski definition) is 2. The van der Waals surface area contributed by atoms with Crippen LogP contribution in [0.3, 0.4) is 0 Å². The topological polar surface area (TPSA) is 21.3 Å². The van der Waals surface area contributed by atoms with Crippen molar-refractivity contribution in [3.63, 3.8) is 0 Å². The number of hydrogen-bond donors (Lipinski definition) is 1. The minimum absolute atomic E-state index is 0.132. The lowest BCUT2D eigenvalue weighted by Gasteiger charge is -2.41. The molecule has 0 saturated carbocycles. The summed E-state index contributed by atoms with van der Waals surface area (Å²) in [6, 6.07) is 6.54. The van der Waals surface area contributed by atoms with Crippen molar-refractivity contribution < 1.29 is 4.74 Å². The van der Waals surface area contributed by atoms with E-state index in [9.17, 15) is 0 Å². The second-order valence-corrected chi connectivity index (χ2v) is 6.02. The van der Waals surface area contributed by atoms with Crippen LogP contribution in [-0.4, -0.2) is 18.8 Å². The summed E-state index contributed by atoms with van der Waals surface area (Å²) in [4.78, 5) is 0. The van der Waals surface area contributed by atoms with E-state index in [2.05, 4.69) is 37.4 Å². The van der Waals surface area contributed by atoms with Gasteiger partial charge in [-0.25, -0.2) is 0 Å². The van der Waals surface area contributed by atoms with Crippen LogP contribution in [-0.2, 0) is 4.74 Å². The maximum absolute atomic E-state index is 6.27. The first-order valence-corrected chi connectivity index (χ1v) is 7.58. The fourth-order valence-corrected chi connectivity index (χ4v) is 3.05. The summed E-state index contributed by atoms with van der Waals surface area (Å²) in [6.07, 6.45) is 3.50. The monoisotopic (exact) mass is 281 g/mol. The van der Waals surface area contributed by atoms with Crippen molar-refractivity contribution in [2.45, 2.75) is 51.7 Å². The van der Waals surface area contributed by atoms with Crippen LogP contribution in [0.25, 0.3) is 0 Å². The molecule has 1 N–H and O–H groups in total. The normalized spacial score (nSPS) is 25.3. The molecule has 0 aliphatic carbocycles. The van der Waals surface area contributed by atoms with Gasteiger partial charge in [0, 0.05) is 11.6 Å². The molecule has 1 fully saturated rings. The third kappa shape index (κ3) is 3.31. The van der Waals surface area contributed by atoms with E-state index in [4.69, 9.17) is 16.3 Å². The predicted octanol–water partition coefficient (Wildman–Crippen LogP) is 4.26. The van der Waals surface area contributed by atoms with Gasteiger partial charge in [0.15, 0.2) is 0 Å². The van der Waals surface area contributed by atoms with Gasteiger partial charge in [-0.2, -0.15) is 0 Å². The molecule has 0 bridgehead atoms. The Bertz CT molecular complexity index is 427. The molecule has 2 nitrogen and oxygen atoms in total. The largest absolute Gasteiger partial charge is 0.373 e. The lowest BCUT2D eigenvalue weighted by Crippen LogP contribution is -2.45. The molecule has 1 saturated heterocycles. The van der Waals surface area contributed by atoms with Crippen LogP contribution >= 0.6 is 11.6 Å². The smallest absolute Gasteiger partial charge is 0.0848 e. The molecule has 106 valence electrons. The average molecular weight is 282 g/mol. The van der Waals surface area contributed by atoms with E-state index in [1.54, 1.807) is 0 Å². The number of aryl methyl sites for hydroxylation is 1. The Morgan fingerprint density at radius 3 is 2.79 bits per heavy atom. The number of likely N-dealkylation sites (N-methyl/N-ethyl adjacent to an activating group) is 1. The zero-order chi connectivity index (χ0) is 13.9. The fraction of sp³-hybridized carbons (Fsp3) is 0.625. The van der Waals surface area contributed by atoms with Gasteiger partial charge in [-0.05, 0) is 56.8 Å². The number of ether oxygens (including phenoxy) is 1. The van der Waals surface area contributed by atoms with E-state index in [0.717, 1.165) is 30.2 Å². The van der Waals surface area contributed by atoms with E-state index in [0.29, 0.717) is 0 Å². The highest BCUT2D eigenvalue weighted by atomic mass is 35.5. The molecule has 19 heavy (non-hydrogen) atoms. The van der Waals surface area contributed by atoms with E-state index in [1.165, 1.54) is 18.4 Å². The summed E-state index contributed by atoms with van der Waals surface area (Å²) >= 11 is 6.27. The molecule has 0 radical (unpaired) electrons. The molecule has 2 atom stereocenters. The summed E-state index contributed by atoms with van der Waals surface area (Å²) < 4.78 is 6.10. The van der Waals surface area contributed by atoms with Gasteiger partial charge in [-0.3, -0.25) is 0 Å². The first kappa shape index (κ1) is 14.8. The van der Waals surface area contributed by atoms with Crippen molar-refractivity contribution in [2.75, 3.05) is 13.2 Å². The molecule has 0 aromatic heterocycles. The number of nitrogens with one attached hydrogen (secondary N) is 1. The van der Waals surface area contributed by atoms with Gasteiger partial charge in [0.2, 0.25) is 0 Å². The molecule has 0 amide bonds. The van der Waals surface area contributed by atoms with Crippen LogP contribution in [0.4, 0.5) is 0 Å². The van der Waals surface area contributed by atoms with Crippen molar-refractivity contribution in [1.82, 2.24) is 5.32 Å². The second kappa shape index (κ2) is 6.25. The second-order valence-electron chi connectivity index (χ2n) is 5.62. The van der Waals surface area contributed by atoms with Gasteiger partial charge < -0.3 is 10.1 Å². The van der Waals surface area contributed by atoms with Crippen LogP contribution in [0.2, 0.25) is 5.02 Å². The number of benzene rings is 1. The Balaban J connectivity index is 2.30. The van der Waals surface area contributed by atoms with Gasteiger partial charge in [-0.1, -0.05) is 30.7 Å². The number of halogens is 1. The quantitative estimate of drug-likeness (QED) is 0.890. The first-order chi connectivity index (χ1) is 9.07. The van der Waals surface area contributed by atoms with Gasteiger partial charge in [0.1, 0.15) is 0 Å². The van der Waals surface area contributed by atoms with Crippen LogP contribution < -0.4 is 5.32 Å². The third-order valence-corrected chi connectivity index (χ3v) is 4.45. The Labute approximate surface area is 121 Å². The Hall–Kier alpha value is -0.570. The summed E-state index contributed by atoms with van der Waals surface area (Å²) in [5.41, 5.74) is 2.21. The fourth-order valence-electron chi connectivity index (χ4n) is 2.86. The van der Waals surface area contributed by atoms with Crippen LogP contribution in [0.15, 0.2) is 18.2 Å². The van der Waals surface area contributed by atoms with Crippen LogP contribution in [0.5, 0.6) is 0 Å². The van der Waals surface area contributed by atoms with Crippen LogP contribution in [0, 0.1) is 6.92 Å². The van der Waals surface area contributed by atoms with E-state index in [-0.39, 0.29) is 11.6 Å². The average Bonchev–Trinajstić information content (AvgIpc) is 2.40. The zero-order valence-corrected chi connectivity index (χ0v) is 12.9. The van der Waals surface area contributed by atoms with Crippen molar-refractivity contribution >= 4 is 11.6 Å². The highest BCUT2D eigenvalue weighted by molar-refractivity contribution is 6.31. The van der Waals surface area contributed by atoms with Crippen LogP contribution in [0.1, 0.15) is 50.3 Å². The molecule has 1 aliphatic rings. The summed E-state index contributed by atoms with van der Waals surface area (Å²) in [5.74, 6) is 0. The Morgan fingerprint density at radius 1 is 1.42 bits per heavy atom. The Morgan fingerprint density at radius 2 is 2.21 bits per heavy atom. The van der Waals surface area contributed by atoms with Crippen molar-refractivity contribution in [2.24, 2.45) is 0 Å². The van der Waals surface area contributed by atoms with Gasteiger partial charge >= 0.3 is 0 Å². The summed E-state index contributed by atoms with van der Waals surface area (Å²) in [5, 5.41) is 4.41. The Kier molecular flexibility index (Phi) is 4.88. The van der Waals surface area contributed by atoms with E-state index in [1.807, 2.05) is 6.92 Å². The molecule has 1 aromatic rings. The highest BCUT2D eigenvalue weighted by Gasteiger charge is 2.37. The minimum Gasteiger partial charge on any atom is -0.373 e. The zero-order valence-electron chi connectivity index (χ0n) is 12.1. The molecule has 0 spiro atoms. The van der Waals surface area contributed by atoms with Crippen molar-refractivity contribution in [3.05, 3.63) is 34.3 Å². The van der Waals surface area contributed by atoms with Gasteiger partial charge in [-0.15, -0.1) is 0 Å². The lowest BCUT2D eigenvalue weighted by molar-refractivity contribution is -0.0895. The molecule has 1 heterocycles. The molecule has 1 aromatic carbocycles. The maximum atomic E-state index is 6.27. The van der Waals surface area contributed by atoms with E-state index < -0.39 is 0 Å². The summed E-state index contributed by atoms with van der Waals surface area (Å²) in [7, 11) is 0. The van der Waals surface area contributed by atoms with Gasteiger partial charge in [0.25, 0.3) is 0 Å². The molecular formula is C16H24ClNO. The SMILES string of the molecule is CCNC(c1ccc(C)c(Cl)c1)C1(C)CCCCO1. The number of rotatable bonds is 4. The van der Waals surface area contributed by atoms with Gasteiger partial charge in [0.05, 0.1) is 11.6 Å². The molecule has 3 heteroatoms. The maximum Gasteiger partial charge on any atom is 0.0848 e. The third-order valence-electron chi connectivity index (χ3n) is 4.05. The molecule has 1 aliphatic heterocycles. The highest BCUT2D eigenvalue weighted by Crippen LogP contribution is 2.37. The standard InChI is InChI=1S/C16H24ClNO/c1-4-18-15(16(3)9-5-6-10-19-16)13-8-7-12(2)14(17)11-13/h7-8,11,15,18H,4-6,9-10H2,1-3H3. The summed E-state index contributed by atoms with van der Waals surface area (Å²) in [6.45, 7) is 8.17. The molecule has 2 unspecified atom stereocenters. The minimum atomic E-state index is -0.132. The first-order valence-electron chi connectivity index (χ1n) is 7.20. The molecule has 2 rings (SSSR count). The predicted molar refractivity (Wildman–Crippen MR) is 80.8 cm³/mol. The lowest BCUT2D eigenvalue weighted by atomic mass is 9.84. The van der Waals surface area contributed by atoms with E-state index >= 15 is 0 Å².